The zero-order chi connectivity index (χ0) is 9.97. The molecule has 1 saturated heterocycles. The minimum absolute atomic E-state index is 0.896. The normalized spacial score (nSPS) is 20.1. The highest BCUT2D eigenvalue weighted by Crippen LogP contribution is 2.17. The number of rotatable bonds is 2. The maximum atomic E-state index is 4.10. The first kappa shape index (κ1) is 9.65. The van der Waals surface area contributed by atoms with Gasteiger partial charge in [-0.3, -0.25) is 9.58 Å². The van der Waals surface area contributed by atoms with E-state index < -0.39 is 0 Å². The first-order chi connectivity index (χ1) is 6.74. The molecule has 14 heavy (non-hydrogen) atoms. The summed E-state index contributed by atoms with van der Waals surface area (Å²) < 4.78 is 1.77. The minimum atomic E-state index is 0.896. The van der Waals surface area contributed by atoms with Crippen LogP contribution in [0.5, 0.6) is 0 Å². The third kappa shape index (κ3) is 2.32. The van der Waals surface area contributed by atoms with Gasteiger partial charge >= 0.3 is 0 Å². The Hall–Kier alpha value is -0.900. The fourth-order valence-electron chi connectivity index (χ4n) is 1.92. The van der Waals surface area contributed by atoms with Crippen molar-refractivity contribution >= 4 is 0 Å². The van der Waals surface area contributed by atoms with Crippen molar-refractivity contribution in [3.63, 3.8) is 0 Å². The molecule has 1 aromatic rings. The number of aromatic nitrogens is 3. The molecule has 0 atom stereocenters. The van der Waals surface area contributed by atoms with Gasteiger partial charge in [-0.2, -0.15) is 0 Å². The third-order valence-electron chi connectivity index (χ3n) is 2.91. The Balaban J connectivity index is 1.86. The molecule has 0 unspecified atom stereocenters. The maximum absolute atomic E-state index is 4.10. The summed E-state index contributed by atoms with van der Waals surface area (Å²) >= 11 is 0. The average molecular weight is 194 g/mol. The summed E-state index contributed by atoms with van der Waals surface area (Å²) in [5.41, 5.74) is 1.09. The van der Waals surface area contributed by atoms with Crippen molar-refractivity contribution in [3.05, 3.63) is 11.9 Å². The molecule has 2 heterocycles. The molecule has 0 saturated carbocycles. The van der Waals surface area contributed by atoms with Crippen LogP contribution in [0.3, 0.4) is 0 Å². The standard InChI is InChI=1S/C10H18N4/c1-9-3-5-14(6-4-9)8-10-7-13(2)12-11-10/h7,9H,3-6,8H2,1-2H3. The SMILES string of the molecule is CC1CCN(Cc2cn(C)nn2)CC1. The quantitative estimate of drug-likeness (QED) is 0.705. The van der Waals surface area contributed by atoms with E-state index in [2.05, 4.69) is 22.1 Å². The van der Waals surface area contributed by atoms with E-state index in [9.17, 15) is 0 Å². The Labute approximate surface area is 84.9 Å². The molecule has 78 valence electrons. The second-order valence-electron chi connectivity index (χ2n) is 4.34. The fraction of sp³-hybridized carbons (Fsp3) is 0.800. The molecule has 1 aliphatic rings. The van der Waals surface area contributed by atoms with Crippen LogP contribution in [0.25, 0.3) is 0 Å². The molecule has 0 radical (unpaired) electrons. The first-order valence-corrected chi connectivity index (χ1v) is 5.31. The lowest BCUT2D eigenvalue weighted by atomic mass is 9.99. The van der Waals surface area contributed by atoms with Gasteiger partial charge in [0.25, 0.3) is 0 Å². The lowest BCUT2D eigenvalue weighted by Gasteiger charge is -2.29. The molecule has 4 nitrogen and oxygen atoms in total. The molecule has 1 aliphatic heterocycles. The van der Waals surface area contributed by atoms with E-state index in [-0.39, 0.29) is 0 Å². The van der Waals surface area contributed by atoms with E-state index in [1.54, 1.807) is 4.68 Å². The molecule has 0 spiro atoms. The number of hydrogen-bond donors (Lipinski definition) is 0. The van der Waals surface area contributed by atoms with Gasteiger partial charge in [0.2, 0.25) is 0 Å². The van der Waals surface area contributed by atoms with Crippen molar-refractivity contribution in [1.29, 1.82) is 0 Å². The number of piperidine rings is 1. The van der Waals surface area contributed by atoms with E-state index in [0.717, 1.165) is 18.2 Å². The van der Waals surface area contributed by atoms with Crippen LogP contribution < -0.4 is 0 Å². The largest absolute Gasteiger partial charge is 0.297 e. The van der Waals surface area contributed by atoms with Crippen molar-refractivity contribution in [2.24, 2.45) is 13.0 Å². The zero-order valence-electron chi connectivity index (χ0n) is 8.98. The van der Waals surface area contributed by atoms with Crippen molar-refractivity contribution < 1.29 is 0 Å². The van der Waals surface area contributed by atoms with Crippen molar-refractivity contribution in [2.75, 3.05) is 13.1 Å². The summed E-state index contributed by atoms with van der Waals surface area (Å²) in [6.07, 6.45) is 4.64. The van der Waals surface area contributed by atoms with Gasteiger partial charge in [-0.1, -0.05) is 12.1 Å². The van der Waals surface area contributed by atoms with Gasteiger partial charge in [0.15, 0.2) is 0 Å². The predicted octanol–water partition coefficient (Wildman–Crippen LogP) is 1.05. The minimum Gasteiger partial charge on any atom is -0.297 e. The molecule has 2 rings (SSSR count). The summed E-state index contributed by atoms with van der Waals surface area (Å²) in [6, 6.07) is 0. The lowest BCUT2D eigenvalue weighted by molar-refractivity contribution is 0.183. The monoisotopic (exact) mass is 194 g/mol. The smallest absolute Gasteiger partial charge is 0.0966 e. The van der Waals surface area contributed by atoms with Crippen LogP contribution in [0.15, 0.2) is 6.20 Å². The Morgan fingerprint density at radius 3 is 2.71 bits per heavy atom. The molecule has 1 fully saturated rings. The second kappa shape index (κ2) is 4.09. The van der Waals surface area contributed by atoms with Gasteiger partial charge in [0.05, 0.1) is 5.69 Å². The molecule has 0 amide bonds. The Bertz CT molecular complexity index is 286. The van der Waals surface area contributed by atoms with Gasteiger partial charge in [-0.05, 0) is 31.8 Å². The summed E-state index contributed by atoms with van der Waals surface area (Å²) in [4.78, 5) is 2.46. The molecule has 1 aromatic heterocycles. The Morgan fingerprint density at radius 2 is 2.14 bits per heavy atom. The molecular weight excluding hydrogens is 176 g/mol. The Kier molecular flexibility index (Phi) is 2.82. The van der Waals surface area contributed by atoms with Crippen molar-refractivity contribution in [3.8, 4) is 0 Å². The zero-order valence-corrected chi connectivity index (χ0v) is 8.98. The van der Waals surface area contributed by atoms with Crippen LogP contribution >= 0.6 is 0 Å². The molecule has 0 aromatic carbocycles. The van der Waals surface area contributed by atoms with E-state index in [4.69, 9.17) is 0 Å². The maximum Gasteiger partial charge on any atom is 0.0966 e. The van der Waals surface area contributed by atoms with Crippen LogP contribution in [0.4, 0.5) is 0 Å². The van der Waals surface area contributed by atoms with Gasteiger partial charge < -0.3 is 0 Å². The molecule has 0 bridgehead atoms. The van der Waals surface area contributed by atoms with E-state index in [1.807, 2.05) is 13.2 Å². The van der Waals surface area contributed by atoms with Crippen LogP contribution in [-0.4, -0.2) is 33.0 Å². The van der Waals surface area contributed by atoms with Crippen LogP contribution in [0.1, 0.15) is 25.5 Å². The summed E-state index contributed by atoms with van der Waals surface area (Å²) in [6.45, 7) is 5.70. The third-order valence-corrected chi connectivity index (χ3v) is 2.91. The highest BCUT2D eigenvalue weighted by atomic mass is 15.4. The highest BCUT2D eigenvalue weighted by Gasteiger charge is 2.16. The van der Waals surface area contributed by atoms with Crippen LogP contribution in [-0.2, 0) is 13.6 Å². The van der Waals surface area contributed by atoms with Crippen molar-refractivity contribution in [1.82, 2.24) is 19.9 Å². The number of nitrogens with zero attached hydrogens (tertiary/aromatic N) is 4. The summed E-state index contributed by atoms with van der Waals surface area (Å²) in [7, 11) is 1.91. The van der Waals surface area contributed by atoms with E-state index in [1.165, 1.54) is 25.9 Å². The number of hydrogen-bond acceptors (Lipinski definition) is 3. The molecular formula is C10H18N4. The molecule has 0 aliphatic carbocycles. The predicted molar refractivity (Wildman–Crippen MR) is 54.7 cm³/mol. The summed E-state index contributed by atoms with van der Waals surface area (Å²) in [5, 5.41) is 8.04. The summed E-state index contributed by atoms with van der Waals surface area (Å²) in [5.74, 6) is 0.896. The molecule has 0 N–H and O–H groups in total. The average Bonchev–Trinajstić information content (AvgIpc) is 2.56. The number of likely N-dealkylation sites (tertiary alicyclic amines) is 1. The van der Waals surface area contributed by atoms with Gasteiger partial charge in [-0.25, -0.2) is 0 Å². The highest BCUT2D eigenvalue weighted by molar-refractivity contribution is 4.92. The Morgan fingerprint density at radius 1 is 1.43 bits per heavy atom. The lowest BCUT2D eigenvalue weighted by Crippen LogP contribution is -2.32. The first-order valence-electron chi connectivity index (χ1n) is 5.31. The van der Waals surface area contributed by atoms with Crippen LogP contribution in [0.2, 0.25) is 0 Å². The van der Waals surface area contributed by atoms with E-state index >= 15 is 0 Å². The van der Waals surface area contributed by atoms with Gasteiger partial charge in [0, 0.05) is 19.8 Å². The second-order valence-corrected chi connectivity index (χ2v) is 4.34. The molecule has 4 heteroatoms. The van der Waals surface area contributed by atoms with E-state index in [0.29, 0.717) is 0 Å². The topological polar surface area (TPSA) is 34.0 Å². The number of aryl methyl sites for hydroxylation is 1. The van der Waals surface area contributed by atoms with Crippen LogP contribution in [0, 0.1) is 5.92 Å². The van der Waals surface area contributed by atoms with Gasteiger partial charge in [0.1, 0.15) is 0 Å². The van der Waals surface area contributed by atoms with Gasteiger partial charge in [-0.15, -0.1) is 5.10 Å². The fourth-order valence-corrected chi connectivity index (χ4v) is 1.92. The van der Waals surface area contributed by atoms with Crippen molar-refractivity contribution in [2.45, 2.75) is 26.3 Å².